The molecule has 0 aliphatic carbocycles. The van der Waals surface area contributed by atoms with Gasteiger partial charge in [-0.2, -0.15) is 0 Å². The number of amides is 1. The van der Waals surface area contributed by atoms with Crippen molar-refractivity contribution in [1.29, 1.82) is 0 Å². The highest BCUT2D eigenvalue weighted by Crippen LogP contribution is 2.25. The van der Waals surface area contributed by atoms with Crippen LogP contribution >= 0.6 is 11.8 Å². The van der Waals surface area contributed by atoms with Gasteiger partial charge in [0.15, 0.2) is 5.16 Å². The molecule has 1 aromatic heterocycles. The normalized spacial score (nSPS) is 12.4. The van der Waals surface area contributed by atoms with Crippen molar-refractivity contribution >= 4 is 45.2 Å². The summed E-state index contributed by atoms with van der Waals surface area (Å²) in [5.74, 6) is -0.0410. The smallest absolute Gasteiger partial charge is 0.237 e. The second kappa shape index (κ2) is 6.61. The summed E-state index contributed by atoms with van der Waals surface area (Å²) in [5, 5.41) is 5.75. The van der Waals surface area contributed by atoms with Gasteiger partial charge >= 0.3 is 0 Å². The molecular weight excluding hydrogens is 330 g/mol. The molecular formula is C20H17N3OS. The molecule has 2 N–H and O–H groups in total. The van der Waals surface area contributed by atoms with Crippen LogP contribution < -0.4 is 5.32 Å². The number of benzene rings is 3. The fourth-order valence-electron chi connectivity index (χ4n) is 2.72. The summed E-state index contributed by atoms with van der Waals surface area (Å²) in [6.07, 6.45) is 0. The molecule has 0 saturated carbocycles. The molecule has 0 radical (unpaired) electrons. The van der Waals surface area contributed by atoms with Gasteiger partial charge in [0.05, 0.1) is 16.3 Å². The summed E-state index contributed by atoms with van der Waals surface area (Å²) in [7, 11) is 0. The quantitative estimate of drug-likeness (QED) is 0.520. The maximum absolute atomic E-state index is 12.5. The number of carbonyl (C=O) groups excluding carboxylic acids is 1. The summed E-state index contributed by atoms with van der Waals surface area (Å²) in [4.78, 5) is 20.2. The Labute approximate surface area is 149 Å². The number of imidazole rings is 1. The van der Waals surface area contributed by atoms with Crippen molar-refractivity contribution < 1.29 is 4.79 Å². The van der Waals surface area contributed by atoms with E-state index in [0.717, 1.165) is 32.6 Å². The number of nitrogens with one attached hydrogen (secondary N) is 2. The van der Waals surface area contributed by atoms with Gasteiger partial charge in [-0.25, -0.2) is 4.98 Å². The Morgan fingerprint density at radius 2 is 1.80 bits per heavy atom. The lowest BCUT2D eigenvalue weighted by atomic mass is 10.1. The number of rotatable bonds is 4. The number of thioether (sulfide) groups is 1. The minimum atomic E-state index is -0.257. The number of nitrogens with zero attached hydrogens (tertiary/aromatic N) is 1. The Morgan fingerprint density at radius 3 is 2.64 bits per heavy atom. The number of para-hydroxylation sites is 2. The molecule has 0 aliphatic rings. The average Bonchev–Trinajstić information content (AvgIpc) is 3.03. The molecule has 124 valence electrons. The molecule has 1 unspecified atom stereocenters. The molecule has 5 heteroatoms. The summed E-state index contributed by atoms with van der Waals surface area (Å²) in [6.45, 7) is 1.88. The third-order valence-electron chi connectivity index (χ3n) is 4.04. The topological polar surface area (TPSA) is 57.8 Å². The monoisotopic (exact) mass is 347 g/mol. The van der Waals surface area contributed by atoms with Gasteiger partial charge in [0, 0.05) is 5.69 Å². The van der Waals surface area contributed by atoms with E-state index >= 15 is 0 Å². The lowest BCUT2D eigenvalue weighted by molar-refractivity contribution is -0.115. The number of fused-ring (bicyclic) bond motifs is 2. The highest BCUT2D eigenvalue weighted by Gasteiger charge is 2.17. The van der Waals surface area contributed by atoms with Gasteiger partial charge in [-0.05, 0) is 42.0 Å². The van der Waals surface area contributed by atoms with Crippen LogP contribution in [0.25, 0.3) is 21.8 Å². The molecule has 0 spiro atoms. The Morgan fingerprint density at radius 1 is 1.04 bits per heavy atom. The van der Waals surface area contributed by atoms with E-state index in [1.165, 1.54) is 11.8 Å². The van der Waals surface area contributed by atoms with Crippen LogP contribution in [0.5, 0.6) is 0 Å². The lowest BCUT2D eigenvalue weighted by Crippen LogP contribution is -2.22. The van der Waals surface area contributed by atoms with E-state index in [4.69, 9.17) is 0 Å². The number of carbonyl (C=O) groups is 1. The predicted octanol–water partition coefficient (Wildman–Crippen LogP) is 4.84. The summed E-state index contributed by atoms with van der Waals surface area (Å²) >= 11 is 1.42. The van der Waals surface area contributed by atoms with E-state index in [-0.39, 0.29) is 11.2 Å². The molecule has 0 fully saturated rings. The van der Waals surface area contributed by atoms with Crippen molar-refractivity contribution in [2.24, 2.45) is 0 Å². The minimum absolute atomic E-state index is 0.0410. The van der Waals surface area contributed by atoms with Crippen LogP contribution in [0.1, 0.15) is 6.92 Å². The summed E-state index contributed by atoms with van der Waals surface area (Å²) in [6, 6.07) is 21.9. The number of hydrogen-bond acceptors (Lipinski definition) is 3. The zero-order chi connectivity index (χ0) is 17.2. The molecule has 25 heavy (non-hydrogen) atoms. The van der Waals surface area contributed by atoms with Gasteiger partial charge in [0.2, 0.25) is 5.91 Å². The maximum atomic E-state index is 12.5. The summed E-state index contributed by atoms with van der Waals surface area (Å²) < 4.78 is 0. The first-order valence-corrected chi connectivity index (χ1v) is 8.98. The second-order valence-corrected chi connectivity index (χ2v) is 7.20. The van der Waals surface area contributed by atoms with Gasteiger partial charge in [0.25, 0.3) is 0 Å². The van der Waals surface area contributed by atoms with Crippen molar-refractivity contribution in [1.82, 2.24) is 9.97 Å². The van der Waals surface area contributed by atoms with Gasteiger partial charge in [0.1, 0.15) is 0 Å². The third kappa shape index (κ3) is 3.37. The minimum Gasteiger partial charge on any atom is -0.333 e. The van der Waals surface area contributed by atoms with Crippen molar-refractivity contribution in [2.45, 2.75) is 17.3 Å². The molecule has 0 saturated heterocycles. The van der Waals surface area contributed by atoms with Gasteiger partial charge in [-0.15, -0.1) is 0 Å². The molecule has 4 nitrogen and oxygen atoms in total. The van der Waals surface area contributed by atoms with Gasteiger partial charge < -0.3 is 10.3 Å². The fraction of sp³-hybridized carbons (Fsp3) is 0.100. The molecule has 1 atom stereocenters. The largest absolute Gasteiger partial charge is 0.333 e. The first kappa shape index (κ1) is 15.7. The van der Waals surface area contributed by atoms with Crippen LogP contribution in [0.4, 0.5) is 5.69 Å². The van der Waals surface area contributed by atoms with Crippen LogP contribution in [0.2, 0.25) is 0 Å². The number of anilines is 1. The van der Waals surface area contributed by atoms with E-state index in [2.05, 4.69) is 21.4 Å². The predicted molar refractivity (Wildman–Crippen MR) is 104 cm³/mol. The van der Waals surface area contributed by atoms with Crippen LogP contribution in [-0.4, -0.2) is 21.1 Å². The first-order chi connectivity index (χ1) is 12.2. The van der Waals surface area contributed by atoms with Crippen LogP contribution in [-0.2, 0) is 4.79 Å². The highest BCUT2D eigenvalue weighted by molar-refractivity contribution is 8.00. The molecule has 1 amide bonds. The van der Waals surface area contributed by atoms with Crippen molar-refractivity contribution in [3.8, 4) is 0 Å². The number of aromatic nitrogens is 2. The van der Waals surface area contributed by atoms with E-state index < -0.39 is 0 Å². The van der Waals surface area contributed by atoms with Crippen molar-refractivity contribution in [3.05, 3.63) is 66.7 Å². The van der Waals surface area contributed by atoms with Crippen molar-refractivity contribution in [3.63, 3.8) is 0 Å². The third-order valence-corrected chi connectivity index (χ3v) is 5.03. The number of aromatic amines is 1. The Kier molecular flexibility index (Phi) is 4.15. The standard InChI is InChI=1S/C20H17N3OS/c1-13(25-20-22-17-8-4-5-9-18(17)23-20)19(24)21-16-11-10-14-6-2-3-7-15(14)12-16/h2-13H,1H3,(H,21,24)(H,22,23). The van der Waals surface area contributed by atoms with E-state index in [0.29, 0.717) is 0 Å². The maximum Gasteiger partial charge on any atom is 0.237 e. The SMILES string of the molecule is CC(Sc1nc2ccccc2[nH]1)C(=O)Nc1ccc2ccccc2c1. The first-order valence-electron chi connectivity index (χ1n) is 8.10. The van der Waals surface area contributed by atoms with Crippen LogP contribution in [0.15, 0.2) is 71.9 Å². The average molecular weight is 347 g/mol. The molecule has 0 aliphatic heterocycles. The molecule has 4 rings (SSSR count). The number of hydrogen-bond donors (Lipinski definition) is 2. The van der Waals surface area contributed by atoms with E-state index in [9.17, 15) is 4.79 Å². The molecule has 0 bridgehead atoms. The number of H-pyrrole nitrogens is 1. The zero-order valence-electron chi connectivity index (χ0n) is 13.7. The second-order valence-electron chi connectivity index (χ2n) is 5.87. The van der Waals surface area contributed by atoms with Crippen molar-refractivity contribution in [2.75, 3.05) is 5.32 Å². The Hall–Kier alpha value is -2.79. The van der Waals surface area contributed by atoms with Gasteiger partial charge in [-0.1, -0.05) is 54.2 Å². The summed E-state index contributed by atoms with van der Waals surface area (Å²) in [5.41, 5.74) is 2.69. The molecule has 4 aromatic rings. The van der Waals surface area contributed by atoms with Crippen LogP contribution in [0.3, 0.4) is 0 Å². The van der Waals surface area contributed by atoms with E-state index in [1.54, 1.807) is 0 Å². The van der Waals surface area contributed by atoms with E-state index in [1.807, 2.05) is 67.6 Å². The Balaban J connectivity index is 1.47. The molecule has 1 heterocycles. The fourth-order valence-corrected chi connectivity index (χ4v) is 3.54. The van der Waals surface area contributed by atoms with Crippen LogP contribution in [0, 0.1) is 0 Å². The van der Waals surface area contributed by atoms with Gasteiger partial charge in [-0.3, -0.25) is 4.79 Å². The molecule has 3 aromatic carbocycles. The zero-order valence-corrected chi connectivity index (χ0v) is 14.5. The lowest BCUT2D eigenvalue weighted by Gasteiger charge is -2.11. The highest BCUT2D eigenvalue weighted by atomic mass is 32.2. The Bertz CT molecular complexity index is 1020.